The average Bonchev–Trinajstić information content (AvgIpc) is 4.16. The number of fused-ring (bicyclic) bond motifs is 7. The van der Waals surface area contributed by atoms with Gasteiger partial charge >= 0.3 is 17.9 Å². The zero-order chi connectivity index (χ0) is 54.5. The molecular formula is C72H48O8. The van der Waals surface area contributed by atoms with Gasteiger partial charge in [-0.05, 0) is 175 Å². The van der Waals surface area contributed by atoms with Crippen molar-refractivity contribution in [3.8, 4) is 45.3 Å². The Morgan fingerprint density at radius 1 is 0.300 bits per heavy atom. The van der Waals surface area contributed by atoms with Crippen molar-refractivity contribution in [3.63, 3.8) is 0 Å². The van der Waals surface area contributed by atoms with Crippen LogP contribution in [0.25, 0.3) is 33.0 Å². The second-order valence-corrected chi connectivity index (χ2v) is 20.1. The van der Waals surface area contributed by atoms with Crippen LogP contribution in [0.3, 0.4) is 0 Å². The number of carbonyl (C=O) groups is 4. The maximum absolute atomic E-state index is 13.7. The molecule has 0 radical (unpaired) electrons. The molecule has 0 amide bonds. The number of Topliss-reactive ketones (excluding diaryl/α,β-unsaturated/α-hetero) is 1. The van der Waals surface area contributed by atoms with Crippen LogP contribution in [0, 0.1) is 0 Å². The molecule has 0 heterocycles. The van der Waals surface area contributed by atoms with Gasteiger partial charge < -0.3 is 18.9 Å². The van der Waals surface area contributed by atoms with E-state index in [1.165, 1.54) is 18.1 Å². The van der Waals surface area contributed by atoms with Gasteiger partial charge in [0.05, 0.1) is 34.6 Å². The summed E-state index contributed by atoms with van der Waals surface area (Å²) in [6.45, 7) is 1.53. The Kier molecular flexibility index (Phi) is 12.2. The number of ketones is 1. The molecule has 8 heteroatoms. The lowest BCUT2D eigenvalue weighted by molar-refractivity contribution is 0.0720. The van der Waals surface area contributed by atoms with Crippen LogP contribution >= 0.6 is 0 Å². The number of hydrogen-bond donors (Lipinski definition) is 0. The van der Waals surface area contributed by atoms with Crippen molar-refractivity contribution in [3.05, 3.63) is 322 Å². The number of benzene rings is 11. The number of rotatable bonds is 12. The standard InChI is InChI=1S/C72H48O8/c1-45(73)48-23-24-50-44-51(26-25-49(50)43-48)70(76)80-59-41-33-55(34-42-59)72(66-17-9-5-13-62(66)63-14-6-10-18-67(63)72)54-31-39-58(40-32-54)79-69(75)47-21-19-46(20-22-47)68(74)78-57-37-29-53(30-38-57)71(52-27-35-56(77-2)36-28-52)64-15-7-3-11-60(64)61-12-4-8-16-65(61)71/h3-44H,1-2H3. The van der Waals surface area contributed by atoms with Crippen LogP contribution in [0.5, 0.6) is 23.0 Å². The van der Waals surface area contributed by atoms with E-state index in [1.807, 2.05) is 115 Å². The van der Waals surface area contributed by atoms with Gasteiger partial charge in [-0.15, -0.1) is 0 Å². The van der Waals surface area contributed by atoms with Crippen LogP contribution in [0.1, 0.15) is 92.9 Å². The van der Waals surface area contributed by atoms with E-state index in [1.54, 1.807) is 61.7 Å². The topological polar surface area (TPSA) is 105 Å². The molecule has 0 unspecified atom stereocenters. The van der Waals surface area contributed by atoms with Crippen LogP contribution in [-0.2, 0) is 10.8 Å². The fourth-order valence-electron chi connectivity index (χ4n) is 12.0. The number of methoxy groups -OCH3 is 1. The van der Waals surface area contributed by atoms with Crippen LogP contribution in [-0.4, -0.2) is 30.8 Å². The summed E-state index contributed by atoms with van der Waals surface area (Å²) in [4.78, 5) is 52.7. The van der Waals surface area contributed by atoms with E-state index in [9.17, 15) is 19.2 Å². The molecule has 0 spiro atoms. The van der Waals surface area contributed by atoms with Crippen LogP contribution in [0.2, 0.25) is 0 Å². The van der Waals surface area contributed by atoms with Gasteiger partial charge in [0.2, 0.25) is 0 Å². The first-order chi connectivity index (χ1) is 39.1. The molecule has 0 aliphatic heterocycles. The second-order valence-electron chi connectivity index (χ2n) is 20.1. The first kappa shape index (κ1) is 49.2. The summed E-state index contributed by atoms with van der Waals surface area (Å²) in [7, 11) is 1.66. The third-order valence-electron chi connectivity index (χ3n) is 15.8. The predicted octanol–water partition coefficient (Wildman–Crippen LogP) is 15.4. The molecule has 2 aliphatic rings. The molecule has 0 fully saturated rings. The molecule has 80 heavy (non-hydrogen) atoms. The van der Waals surface area contributed by atoms with Crippen molar-refractivity contribution < 1.29 is 38.1 Å². The molecule has 0 N–H and O–H groups in total. The fourth-order valence-corrected chi connectivity index (χ4v) is 12.0. The number of hydrogen-bond acceptors (Lipinski definition) is 8. The highest BCUT2D eigenvalue weighted by molar-refractivity contribution is 6.01. The third-order valence-corrected chi connectivity index (χ3v) is 15.8. The minimum atomic E-state index is -0.782. The van der Waals surface area contributed by atoms with Crippen molar-refractivity contribution in [2.45, 2.75) is 17.8 Å². The molecule has 384 valence electrons. The minimum absolute atomic E-state index is 0.0242. The van der Waals surface area contributed by atoms with Gasteiger partial charge in [0.25, 0.3) is 0 Å². The highest BCUT2D eigenvalue weighted by Crippen LogP contribution is 2.58. The van der Waals surface area contributed by atoms with Gasteiger partial charge in [0.15, 0.2) is 5.78 Å². The van der Waals surface area contributed by atoms with E-state index in [4.69, 9.17) is 18.9 Å². The zero-order valence-electron chi connectivity index (χ0n) is 43.5. The van der Waals surface area contributed by atoms with Crippen LogP contribution in [0.4, 0.5) is 0 Å². The molecule has 13 rings (SSSR count). The second kappa shape index (κ2) is 19.8. The molecule has 2 aliphatic carbocycles. The van der Waals surface area contributed by atoms with Crippen LogP contribution in [0.15, 0.2) is 255 Å². The fraction of sp³-hybridized carbons (Fsp3) is 0.0556. The van der Waals surface area contributed by atoms with Crippen molar-refractivity contribution in [1.29, 1.82) is 0 Å². The summed E-state index contributed by atoms with van der Waals surface area (Å²) in [6, 6.07) is 81.6. The zero-order valence-corrected chi connectivity index (χ0v) is 43.5. The Bertz CT molecular complexity index is 4160. The summed E-state index contributed by atoms with van der Waals surface area (Å²) in [5, 5.41) is 1.68. The molecule has 11 aromatic carbocycles. The van der Waals surface area contributed by atoms with Gasteiger partial charge in [0.1, 0.15) is 23.0 Å². The molecule has 0 atom stereocenters. The Balaban J connectivity index is 0.725. The lowest BCUT2D eigenvalue weighted by Crippen LogP contribution is -2.28. The third kappa shape index (κ3) is 8.16. The lowest BCUT2D eigenvalue weighted by atomic mass is 9.68. The first-order valence-electron chi connectivity index (χ1n) is 26.3. The largest absolute Gasteiger partial charge is 0.497 e. The van der Waals surface area contributed by atoms with E-state index < -0.39 is 28.7 Å². The SMILES string of the molecule is COc1ccc(C2(c3ccc(OC(=O)c4ccc(C(=O)Oc5ccc(C6(c7ccc(OC(=O)c8ccc9cc(C(C)=O)ccc9c8)cc7)c7ccccc7-c7ccccc76)cc5)cc4)cc3)c3ccccc3-c3ccccc32)cc1. The smallest absolute Gasteiger partial charge is 0.343 e. The molecule has 0 saturated heterocycles. The Morgan fingerprint density at radius 2 is 0.575 bits per heavy atom. The monoisotopic (exact) mass is 1040 g/mol. The normalized spacial score (nSPS) is 13.0. The Hall–Kier alpha value is -10.4. The molecule has 0 saturated carbocycles. The van der Waals surface area contributed by atoms with E-state index in [2.05, 4.69) is 84.9 Å². The predicted molar refractivity (Wildman–Crippen MR) is 309 cm³/mol. The van der Waals surface area contributed by atoms with Crippen molar-refractivity contribution >= 4 is 34.5 Å². The van der Waals surface area contributed by atoms with Crippen molar-refractivity contribution in [2.75, 3.05) is 7.11 Å². The molecule has 11 aromatic rings. The summed E-state index contributed by atoms with van der Waals surface area (Å²) in [5.41, 5.74) is 13.1. The van der Waals surface area contributed by atoms with Crippen LogP contribution < -0.4 is 18.9 Å². The molecular weight excluding hydrogens is 993 g/mol. The highest BCUT2D eigenvalue weighted by Gasteiger charge is 2.47. The van der Waals surface area contributed by atoms with Crippen molar-refractivity contribution in [2.24, 2.45) is 0 Å². The van der Waals surface area contributed by atoms with Gasteiger partial charge in [-0.3, -0.25) is 4.79 Å². The van der Waals surface area contributed by atoms with Gasteiger partial charge in [-0.2, -0.15) is 0 Å². The average molecular weight is 1040 g/mol. The Morgan fingerprint density at radius 3 is 0.900 bits per heavy atom. The van der Waals surface area contributed by atoms with E-state index in [-0.39, 0.29) is 16.9 Å². The molecule has 8 nitrogen and oxygen atoms in total. The number of esters is 3. The summed E-state index contributed by atoms with van der Waals surface area (Å²) in [6.07, 6.45) is 0. The van der Waals surface area contributed by atoms with E-state index >= 15 is 0 Å². The summed E-state index contributed by atoms with van der Waals surface area (Å²) >= 11 is 0. The van der Waals surface area contributed by atoms with Gasteiger partial charge in [0, 0.05) is 5.56 Å². The maximum Gasteiger partial charge on any atom is 0.343 e. The minimum Gasteiger partial charge on any atom is -0.497 e. The Labute approximate surface area is 462 Å². The maximum atomic E-state index is 13.7. The quantitative estimate of drug-likeness (QED) is 0.0677. The van der Waals surface area contributed by atoms with E-state index in [0.29, 0.717) is 28.4 Å². The lowest BCUT2D eigenvalue weighted by Gasteiger charge is -2.34. The molecule has 0 bridgehead atoms. The number of carbonyl (C=O) groups excluding carboxylic acids is 4. The van der Waals surface area contributed by atoms with Gasteiger partial charge in [-0.25, -0.2) is 14.4 Å². The van der Waals surface area contributed by atoms with E-state index in [0.717, 1.165) is 72.2 Å². The van der Waals surface area contributed by atoms with Gasteiger partial charge in [-0.1, -0.05) is 164 Å². The number of ether oxygens (including phenoxy) is 4. The highest BCUT2D eigenvalue weighted by atomic mass is 16.5. The summed E-state index contributed by atoms with van der Waals surface area (Å²) < 4.78 is 23.3. The van der Waals surface area contributed by atoms with Crippen molar-refractivity contribution in [1.82, 2.24) is 0 Å². The first-order valence-corrected chi connectivity index (χ1v) is 26.3. The molecule has 0 aromatic heterocycles. The summed E-state index contributed by atoms with van der Waals surface area (Å²) in [5.74, 6) is 0.196.